The average molecular weight is 368 g/mol. The van der Waals surface area contributed by atoms with Gasteiger partial charge in [-0.15, -0.1) is 11.3 Å². The van der Waals surface area contributed by atoms with E-state index in [9.17, 15) is 4.79 Å². The van der Waals surface area contributed by atoms with Crippen molar-refractivity contribution in [2.75, 3.05) is 6.54 Å². The summed E-state index contributed by atoms with van der Waals surface area (Å²) in [6.07, 6.45) is 5.26. The van der Waals surface area contributed by atoms with E-state index in [0.717, 1.165) is 42.0 Å². The van der Waals surface area contributed by atoms with Gasteiger partial charge in [0.1, 0.15) is 0 Å². The van der Waals surface area contributed by atoms with Crippen LogP contribution >= 0.6 is 11.3 Å². The molecule has 1 aromatic carbocycles. The van der Waals surface area contributed by atoms with Gasteiger partial charge in [-0.05, 0) is 12.8 Å². The van der Waals surface area contributed by atoms with Crippen molar-refractivity contribution in [2.45, 2.75) is 46.1 Å². The molecule has 0 atom stereocenters. The van der Waals surface area contributed by atoms with Crippen LogP contribution in [0, 0.1) is 5.41 Å². The van der Waals surface area contributed by atoms with Gasteiger partial charge in [-0.25, -0.2) is 4.98 Å². The minimum Gasteiger partial charge on any atom is -0.339 e. The molecule has 0 unspecified atom stereocenters. The molecule has 2 heterocycles. The normalized spacial score (nSPS) is 14.7. The molecule has 0 N–H and O–H groups in total. The third kappa shape index (κ3) is 3.40. The number of carbonyl (C=O) groups excluding carboxylic acids is 1. The summed E-state index contributed by atoms with van der Waals surface area (Å²) in [6, 6.07) is 10.7. The van der Waals surface area contributed by atoms with Crippen LogP contribution in [-0.2, 0) is 11.2 Å². The quantitative estimate of drug-likeness (QED) is 0.659. The van der Waals surface area contributed by atoms with E-state index in [4.69, 9.17) is 4.98 Å². The number of hydrogen-bond donors (Lipinski definition) is 0. The van der Waals surface area contributed by atoms with Gasteiger partial charge in [-0.1, -0.05) is 51.1 Å². The van der Waals surface area contributed by atoms with E-state index in [1.54, 1.807) is 11.3 Å². The third-order valence-electron chi connectivity index (χ3n) is 4.85. The number of imidazole rings is 1. The van der Waals surface area contributed by atoms with Crippen molar-refractivity contribution in [3.05, 3.63) is 47.6 Å². The molecule has 1 saturated carbocycles. The molecule has 5 heteroatoms. The van der Waals surface area contributed by atoms with Crippen molar-refractivity contribution in [1.29, 1.82) is 0 Å². The van der Waals surface area contributed by atoms with Gasteiger partial charge in [-0.3, -0.25) is 9.20 Å². The monoisotopic (exact) mass is 367 g/mol. The molecule has 0 spiro atoms. The molecule has 0 radical (unpaired) electrons. The lowest BCUT2D eigenvalue weighted by Gasteiger charge is -2.29. The van der Waals surface area contributed by atoms with E-state index < -0.39 is 0 Å². The van der Waals surface area contributed by atoms with Gasteiger partial charge in [0.2, 0.25) is 5.91 Å². The zero-order valence-corrected chi connectivity index (χ0v) is 16.4. The second-order valence-corrected chi connectivity index (χ2v) is 8.94. The van der Waals surface area contributed by atoms with E-state index in [0.29, 0.717) is 6.04 Å². The number of rotatable bonds is 5. The molecule has 0 saturated heterocycles. The second-order valence-electron chi connectivity index (χ2n) is 8.10. The smallest absolute Gasteiger partial charge is 0.228 e. The number of hydrogen-bond acceptors (Lipinski definition) is 3. The van der Waals surface area contributed by atoms with Gasteiger partial charge in [0, 0.05) is 47.3 Å². The number of amides is 1. The van der Waals surface area contributed by atoms with Gasteiger partial charge in [0.15, 0.2) is 4.96 Å². The highest BCUT2D eigenvalue weighted by atomic mass is 32.1. The Morgan fingerprint density at radius 1 is 1.27 bits per heavy atom. The first-order valence-electron chi connectivity index (χ1n) is 9.25. The van der Waals surface area contributed by atoms with Crippen LogP contribution in [0.3, 0.4) is 0 Å². The molecule has 3 aromatic rings. The molecule has 1 aliphatic carbocycles. The van der Waals surface area contributed by atoms with E-state index in [1.807, 2.05) is 39.0 Å². The fourth-order valence-corrected chi connectivity index (χ4v) is 4.17. The molecule has 0 aliphatic heterocycles. The Morgan fingerprint density at radius 3 is 2.65 bits per heavy atom. The van der Waals surface area contributed by atoms with E-state index in [-0.39, 0.29) is 11.3 Å². The van der Waals surface area contributed by atoms with Crippen LogP contribution in [0.4, 0.5) is 0 Å². The van der Waals surface area contributed by atoms with Crippen LogP contribution in [0.25, 0.3) is 16.2 Å². The molecule has 26 heavy (non-hydrogen) atoms. The minimum atomic E-state index is -0.317. The summed E-state index contributed by atoms with van der Waals surface area (Å²) in [5.74, 6) is 0.266. The minimum absolute atomic E-state index is 0.266. The highest BCUT2D eigenvalue weighted by Gasteiger charge is 2.37. The number of aromatic nitrogens is 2. The number of carbonyl (C=O) groups is 1. The number of thiazole rings is 1. The maximum absolute atomic E-state index is 12.8. The average Bonchev–Trinajstić information content (AvgIpc) is 3.25. The fourth-order valence-electron chi connectivity index (χ4n) is 3.26. The molecular weight excluding hydrogens is 342 g/mol. The van der Waals surface area contributed by atoms with Crippen LogP contribution in [0.15, 0.2) is 41.9 Å². The first-order chi connectivity index (χ1) is 12.4. The summed E-state index contributed by atoms with van der Waals surface area (Å²) >= 11 is 1.67. The van der Waals surface area contributed by atoms with Gasteiger partial charge in [-0.2, -0.15) is 0 Å². The number of nitrogens with zero attached hydrogens (tertiary/aromatic N) is 3. The van der Waals surface area contributed by atoms with E-state index in [1.165, 1.54) is 5.69 Å². The van der Waals surface area contributed by atoms with Gasteiger partial charge in [0.05, 0.1) is 5.69 Å². The predicted octanol–water partition coefficient (Wildman–Crippen LogP) is 4.64. The summed E-state index contributed by atoms with van der Waals surface area (Å²) in [5.41, 5.74) is 3.05. The van der Waals surface area contributed by atoms with Crippen LogP contribution in [0.2, 0.25) is 0 Å². The first-order valence-corrected chi connectivity index (χ1v) is 10.1. The van der Waals surface area contributed by atoms with Crippen LogP contribution in [0.5, 0.6) is 0 Å². The molecule has 1 amide bonds. The van der Waals surface area contributed by atoms with Crippen molar-refractivity contribution < 1.29 is 4.79 Å². The largest absolute Gasteiger partial charge is 0.339 e. The summed E-state index contributed by atoms with van der Waals surface area (Å²) in [5, 5.41) is 2.17. The number of benzene rings is 1. The fraction of sp³-hybridized carbons (Fsp3) is 0.429. The molecule has 1 fully saturated rings. The van der Waals surface area contributed by atoms with Crippen LogP contribution in [0.1, 0.15) is 39.3 Å². The Hall–Kier alpha value is -2.14. The highest BCUT2D eigenvalue weighted by molar-refractivity contribution is 7.15. The zero-order valence-electron chi connectivity index (χ0n) is 15.6. The lowest BCUT2D eigenvalue weighted by atomic mass is 9.94. The lowest BCUT2D eigenvalue weighted by Crippen LogP contribution is -2.42. The zero-order chi connectivity index (χ0) is 18.3. The molecule has 2 aromatic heterocycles. The Labute approximate surface area is 158 Å². The predicted molar refractivity (Wildman–Crippen MR) is 106 cm³/mol. The molecule has 1 aliphatic rings. The molecule has 4 nitrogen and oxygen atoms in total. The topological polar surface area (TPSA) is 37.6 Å². The van der Waals surface area contributed by atoms with Crippen molar-refractivity contribution in [3.63, 3.8) is 0 Å². The van der Waals surface area contributed by atoms with Crippen molar-refractivity contribution in [1.82, 2.24) is 14.3 Å². The van der Waals surface area contributed by atoms with Gasteiger partial charge in [0.25, 0.3) is 0 Å². The Balaban J connectivity index is 1.54. The molecule has 0 bridgehead atoms. The van der Waals surface area contributed by atoms with Crippen molar-refractivity contribution in [2.24, 2.45) is 5.41 Å². The third-order valence-corrected chi connectivity index (χ3v) is 5.74. The van der Waals surface area contributed by atoms with Crippen molar-refractivity contribution >= 4 is 22.2 Å². The Kier molecular flexibility index (Phi) is 4.35. The van der Waals surface area contributed by atoms with Crippen LogP contribution < -0.4 is 0 Å². The second kappa shape index (κ2) is 6.54. The Bertz CT molecular complexity index is 916. The number of fused-ring (bicyclic) bond motifs is 1. The summed E-state index contributed by atoms with van der Waals surface area (Å²) in [7, 11) is 0. The SMILES string of the molecule is CC(C)(C)C(=O)N(CCc1csc2nc(-c3ccccc3)cn12)C1CC1. The molecule has 136 valence electrons. The van der Waals surface area contributed by atoms with E-state index in [2.05, 4.69) is 33.0 Å². The highest BCUT2D eigenvalue weighted by Crippen LogP contribution is 2.31. The summed E-state index contributed by atoms with van der Waals surface area (Å²) in [6.45, 7) is 6.81. The first kappa shape index (κ1) is 17.3. The maximum Gasteiger partial charge on any atom is 0.228 e. The van der Waals surface area contributed by atoms with Crippen LogP contribution in [-0.4, -0.2) is 32.8 Å². The van der Waals surface area contributed by atoms with Gasteiger partial charge >= 0.3 is 0 Å². The van der Waals surface area contributed by atoms with Crippen molar-refractivity contribution in [3.8, 4) is 11.3 Å². The van der Waals surface area contributed by atoms with Gasteiger partial charge < -0.3 is 4.90 Å². The Morgan fingerprint density at radius 2 is 2.00 bits per heavy atom. The standard InChI is InChI=1S/C21H25N3OS/c1-21(2,3)19(25)23(16-9-10-16)12-11-17-14-26-20-22-18(13-24(17)20)15-7-5-4-6-8-15/h4-8,13-14,16H,9-12H2,1-3H3. The molecule has 4 rings (SSSR count). The summed E-state index contributed by atoms with van der Waals surface area (Å²) in [4.78, 5) is 20.6. The summed E-state index contributed by atoms with van der Waals surface area (Å²) < 4.78 is 2.18. The lowest BCUT2D eigenvalue weighted by molar-refractivity contribution is -0.140. The van der Waals surface area contributed by atoms with E-state index >= 15 is 0 Å². The maximum atomic E-state index is 12.8. The molecular formula is C21H25N3OS.